The Balaban J connectivity index is 1.76. The summed E-state index contributed by atoms with van der Waals surface area (Å²) in [6.45, 7) is 2.46. The van der Waals surface area contributed by atoms with E-state index in [0.717, 1.165) is 4.83 Å². The highest BCUT2D eigenvalue weighted by Gasteiger charge is 2.32. The lowest BCUT2D eigenvalue weighted by molar-refractivity contribution is 0.301. The highest BCUT2D eigenvalue weighted by molar-refractivity contribution is 9.09. The Morgan fingerprint density at radius 1 is 1.31 bits per heavy atom. The summed E-state index contributed by atoms with van der Waals surface area (Å²) in [7, 11) is 0. The lowest BCUT2D eigenvalue weighted by atomic mass is 9.83. The van der Waals surface area contributed by atoms with Gasteiger partial charge in [0.2, 0.25) is 0 Å². The van der Waals surface area contributed by atoms with Crippen LogP contribution in [0, 0.1) is 5.41 Å². The molecule has 0 aliphatic heterocycles. The first-order valence-corrected chi connectivity index (χ1v) is 7.28. The maximum Gasteiger partial charge on any atom is 0.0151 e. The van der Waals surface area contributed by atoms with Crippen molar-refractivity contribution in [2.45, 2.75) is 50.3 Å². The van der Waals surface area contributed by atoms with E-state index >= 15 is 0 Å². The maximum absolute atomic E-state index is 3.75. The van der Waals surface area contributed by atoms with E-state index in [2.05, 4.69) is 53.2 Å². The molecule has 0 bridgehead atoms. The number of benzene rings is 1. The summed E-state index contributed by atoms with van der Waals surface area (Å²) in [6, 6.07) is 10.9. The van der Waals surface area contributed by atoms with Crippen molar-refractivity contribution in [3.05, 3.63) is 35.9 Å². The Morgan fingerprint density at radius 3 is 2.69 bits per heavy atom. The number of hydrogen-bond acceptors (Lipinski definition) is 0. The Morgan fingerprint density at radius 2 is 2.06 bits per heavy atom. The molecule has 0 heterocycles. The third-order valence-corrected chi connectivity index (χ3v) is 4.65. The molecule has 1 fully saturated rings. The normalized spacial score (nSPS) is 29.5. The van der Waals surface area contributed by atoms with E-state index in [-0.39, 0.29) is 0 Å². The Hall–Kier alpha value is -0.300. The fourth-order valence-corrected chi connectivity index (χ4v) is 3.85. The van der Waals surface area contributed by atoms with Gasteiger partial charge in [-0.2, -0.15) is 0 Å². The standard InChI is InChI=1S/C15H21Br/c1-15(11-9-14(16)12-15)10-5-8-13-6-3-2-4-7-13/h2-4,6-7,14H,5,8-12H2,1H3. The fraction of sp³-hybridized carbons (Fsp3) is 0.600. The molecule has 1 heteroatoms. The average Bonchev–Trinajstić information content (AvgIpc) is 2.60. The molecule has 2 rings (SSSR count). The van der Waals surface area contributed by atoms with E-state index in [0.29, 0.717) is 5.41 Å². The largest absolute Gasteiger partial charge is 0.0890 e. The molecule has 0 spiro atoms. The minimum Gasteiger partial charge on any atom is -0.0890 e. The molecule has 16 heavy (non-hydrogen) atoms. The van der Waals surface area contributed by atoms with Gasteiger partial charge in [-0.25, -0.2) is 0 Å². The molecule has 88 valence electrons. The molecule has 0 radical (unpaired) electrons. The van der Waals surface area contributed by atoms with Gasteiger partial charge in [-0.05, 0) is 49.5 Å². The van der Waals surface area contributed by atoms with E-state index in [9.17, 15) is 0 Å². The molecular formula is C15H21Br. The van der Waals surface area contributed by atoms with Crippen LogP contribution in [0.1, 0.15) is 44.6 Å². The van der Waals surface area contributed by atoms with Gasteiger partial charge in [-0.3, -0.25) is 0 Å². The summed E-state index contributed by atoms with van der Waals surface area (Å²) in [4.78, 5) is 0.772. The van der Waals surface area contributed by atoms with Crippen molar-refractivity contribution in [3.63, 3.8) is 0 Å². The van der Waals surface area contributed by atoms with Crippen LogP contribution in [0.3, 0.4) is 0 Å². The van der Waals surface area contributed by atoms with Gasteiger partial charge in [0.1, 0.15) is 0 Å². The van der Waals surface area contributed by atoms with Gasteiger partial charge in [-0.1, -0.05) is 53.2 Å². The minimum atomic E-state index is 0.600. The van der Waals surface area contributed by atoms with Gasteiger partial charge >= 0.3 is 0 Å². The van der Waals surface area contributed by atoms with Crippen LogP contribution in [0.15, 0.2) is 30.3 Å². The second-order valence-corrected chi connectivity index (χ2v) is 6.78. The predicted molar refractivity (Wildman–Crippen MR) is 74.1 cm³/mol. The van der Waals surface area contributed by atoms with Gasteiger partial charge in [0.05, 0.1) is 0 Å². The first-order valence-electron chi connectivity index (χ1n) is 6.36. The highest BCUT2D eigenvalue weighted by atomic mass is 79.9. The predicted octanol–water partition coefficient (Wildman–Crippen LogP) is 4.96. The Labute approximate surface area is 108 Å². The highest BCUT2D eigenvalue weighted by Crippen LogP contribution is 2.44. The summed E-state index contributed by atoms with van der Waals surface area (Å²) in [5.41, 5.74) is 2.09. The van der Waals surface area contributed by atoms with Gasteiger partial charge < -0.3 is 0 Å². The molecule has 1 aliphatic rings. The molecule has 2 unspecified atom stereocenters. The number of aryl methyl sites for hydroxylation is 1. The van der Waals surface area contributed by atoms with E-state index in [1.807, 2.05) is 0 Å². The molecule has 1 saturated carbocycles. The molecule has 1 aromatic carbocycles. The fourth-order valence-electron chi connectivity index (χ4n) is 2.83. The molecule has 2 atom stereocenters. The van der Waals surface area contributed by atoms with Gasteiger partial charge in [0, 0.05) is 4.83 Å². The summed E-state index contributed by atoms with van der Waals surface area (Å²) < 4.78 is 0. The van der Waals surface area contributed by atoms with Gasteiger partial charge in [-0.15, -0.1) is 0 Å². The van der Waals surface area contributed by atoms with Crippen LogP contribution in [0.4, 0.5) is 0 Å². The molecule has 1 aliphatic carbocycles. The second-order valence-electron chi connectivity index (χ2n) is 5.49. The van der Waals surface area contributed by atoms with Crippen LogP contribution in [0.25, 0.3) is 0 Å². The van der Waals surface area contributed by atoms with Crippen molar-refractivity contribution in [1.29, 1.82) is 0 Å². The smallest absolute Gasteiger partial charge is 0.0151 e. The summed E-state index contributed by atoms with van der Waals surface area (Å²) in [5, 5.41) is 0. The zero-order chi connectivity index (χ0) is 11.4. The van der Waals surface area contributed by atoms with Crippen molar-refractivity contribution in [2.75, 3.05) is 0 Å². The van der Waals surface area contributed by atoms with Crippen LogP contribution in [0.2, 0.25) is 0 Å². The Kier molecular flexibility index (Phi) is 4.07. The quantitative estimate of drug-likeness (QED) is 0.684. The third-order valence-electron chi connectivity index (χ3n) is 3.86. The lowest BCUT2D eigenvalue weighted by Gasteiger charge is -2.23. The maximum atomic E-state index is 3.75. The third kappa shape index (κ3) is 3.35. The van der Waals surface area contributed by atoms with Crippen molar-refractivity contribution >= 4 is 15.9 Å². The summed E-state index contributed by atoms with van der Waals surface area (Å²) >= 11 is 3.75. The summed E-state index contributed by atoms with van der Waals surface area (Å²) in [5.74, 6) is 0. The van der Waals surface area contributed by atoms with Crippen LogP contribution < -0.4 is 0 Å². The molecule has 0 N–H and O–H groups in total. The average molecular weight is 281 g/mol. The molecule has 0 saturated heterocycles. The van der Waals surface area contributed by atoms with E-state index in [1.54, 1.807) is 0 Å². The number of halogens is 1. The van der Waals surface area contributed by atoms with E-state index < -0.39 is 0 Å². The zero-order valence-corrected chi connectivity index (χ0v) is 11.7. The van der Waals surface area contributed by atoms with Crippen LogP contribution in [-0.4, -0.2) is 4.83 Å². The lowest BCUT2D eigenvalue weighted by Crippen LogP contribution is -2.12. The number of hydrogen-bond donors (Lipinski definition) is 0. The van der Waals surface area contributed by atoms with E-state index in [4.69, 9.17) is 0 Å². The van der Waals surface area contributed by atoms with Crippen LogP contribution in [-0.2, 0) is 6.42 Å². The SMILES string of the molecule is CC1(CCCc2ccccc2)CCC(Br)C1. The molecular weight excluding hydrogens is 260 g/mol. The number of alkyl halides is 1. The Bertz CT molecular complexity index is 319. The van der Waals surface area contributed by atoms with Crippen molar-refractivity contribution in [2.24, 2.45) is 5.41 Å². The molecule has 0 nitrogen and oxygen atoms in total. The van der Waals surface area contributed by atoms with Crippen LogP contribution >= 0.6 is 15.9 Å². The molecule has 0 aromatic heterocycles. The first-order chi connectivity index (χ1) is 7.68. The summed E-state index contributed by atoms with van der Waals surface area (Å²) in [6.07, 6.45) is 8.08. The van der Waals surface area contributed by atoms with Crippen molar-refractivity contribution in [3.8, 4) is 0 Å². The van der Waals surface area contributed by atoms with Crippen molar-refractivity contribution in [1.82, 2.24) is 0 Å². The number of rotatable bonds is 4. The van der Waals surface area contributed by atoms with Crippen LogP contribution in [0.5, 0.6) is 0 Å². The van der Waals surface area contributed by atoms with Gasteiger partial charge in [0.15, 0.2) is 0 Å². The monoisotopic (exact) mass is 280 g/mol. The second kappa shape index (κ2) is 5.35. The first kappa shape index (κ1) is 12.2. The topological polar surface area (TPSA) is 0 Å². The molecule has 1 aromatic rings. The van der Waals surface area contributed by atoms with E-state index in [1.165, 1.54) is 44.1 Å². The van der Waals surface area contributed by atoms with Gasteiger partial charge in [0.25, 0.3) is 0 Å². The van der Waals surface area contributed by atoms with Crippen molar-refractivity contribution < 1.29 is 0 Å². The zero-order valence-electron chi connectivity index (χ0n) is 10.1. The molecule has 0 amide bonds. The minimum absolute atomic E-state index is 0.600.